The zero-order valence-corrected chi connectivity index (χ0v) is 9.24. The zero-order valence-electron chi connectivity index (χ0n) is 9.24. The molecule has 0 aliphatic carbocycles. The fourth-order valence-electron chi connectivity index (χ4n) is 1.88. The average Bonchev–Trinajstić information content (AvgIpc) is 2.71. The van der Waals surface area contributed by atoms with Crippen LogP contribution in [0, 0.1) is 0 Å². The molecule has 1 fully saturated rings. The predicted octanol–water partition coefficient (Wildman–Crippen LogP) is -1.57. The van der Waals surface area contributed by atoms with Crippen LogP contribution in [0.15, 0.2) is 17.2 Å². The number of hydrogen-bond donors (Lipinski definition) is 3. The molecule has 0 radical (unpaired) electrons. The lowest BCUT2D eigenvalue weighted by Gasteiger charge is -2.20. The Hall–Kier alpha value is -2.22. The number of carbonyl (C=O) groups is 2. The molecule has 1 aliphatic rings. The second-order valence-electron chi connectivity index (χ2n) is 4.00. The summed E-state index contributed by atoms with van der Waals surface area (Å²) in [6, 6.07) is -1.07. The summed E-state index contributed by atoms with van der Waals surface area (Å²) in [7, 11) is 0. The molecule has 2 rings (SSSR count). The summed E-state index contributed by atoms with van der Waals surface area (Å²) in [5.41, 5.74) is -0.516. The highest BCUT2D eigenvalue weighted by molar-refractivity contribution is 5.95. The summed E-state index contributed by atoms with van der Waals surface area (Å²) < 4.78 is 0. The number of hydrogen-bond acceptors (Lipinski definition) is 5. The van der Waals surface area contributed by atoms with Crippen molar-refractivity contribution in [3.63, 3.8) is 0 Å². The number of aliphatic carboxylic acids is 1. The maximum Gasteiger partial charge on any atom is 0.326 e. The van der Waals surface area contributed by atoms with Crippen LogP contribution in [0.4, 0.5) is 0 Å². The highest BCUT2D eigenvalue weighted by Crippen LogP contribution is 2.19. The van der Waals surface area contributed by atoms with Gasteiger partial charge in [0.25, 0.3) is 11.5 Å². The molecule has 1 aromatic heterocycles. The Labute approximate surface area is 101 Å². The van der Waals surface area contributed by atoms with Gasteiger partial charge in [0.1, 0.15) is 11.7 Å². The quantitative estimate of drug-likeness (QED) is 0.585. The molecule has 0 aromatic carbocycles. The zero-order chi connectivity index (χ0) is 13.3. The van der Waals surface area contributed by atoms with Gasteiger partial charge in [-0.25, -0.2) is 9.78 Å². The van der Waals surface area contributed by atoms with Crippen molar-refractivity contribution in [1.82, 2.24) is 14.9 Å². The average molecular weight is 253 g/mol. The third-order valence-electron chi connectivity index (χ3n) is 2.72. The molecule has 96 valence electrons. The van der Waals surface area contributed by atoms with E-state index >= 15 is 0 Å². The van der Waals surface area contributed by atoms with Crippen molar-refractivity contribution in [1.29, 1.82) is 0 Å². The summed E-state index contributed by atoms with van der Waals surface area (Å²) in [6.07, 6.45) is 1.19. The molecule has 3 N–H and O–H groups in total. The van der Waals surface area contributed by atoms with Crippen LogP contribution in [0.2, 0.25) is 0 Å². The number of aromatic amines is 1. The molecule has 2 atom stereocenters. The van der Waals surface area contributed by atoms with Crippen LogP contribution < -0.4 is 5.56 Å². The van der Waals surface area contributed by atoms with Gasteiger partial charge in [0.2, 0.25) is 0 Å². The lowest BCUT2D eigenvalue weighted by molar-refractivity contribution is -0.141. The fraction of sp³-hybridized carbons (Fsp3) is 0.400. The molecule has 0 spiro atoms. The molecule has 0 bridgehead atoms. The van der Waals surface area contributed by atoms with Crippen LogP contribution in [0.5, 0.6) is 0 Å². The standard InChI is InChI=1S/C10H11N3O5/c14-5-1-7(10(17)18)13(4-5)9(16)6-2-12-8(15)3-11-6/h2-3,5,7,14H,1,4H2,(H,12,15)(H,17,18)/t5-,7+/m1/s1. The molecule has 8 heteroatoms. The van der Waals surface area contributed by atoms with Gasteiger partial charge in [0.05, 0.1) is 12.3 Å². The van der Waals surface area contributed by atoms with Crippen LogP contribution in [-0.4, -0.2) is 55.6 Å². The van der Waals surface area contributed by atoms with E-state index in [1.807, 2.05) is 0 Å². The molecule has 1 saturated heterocycles. The van der Waals surface area contributed by atoms with E-state index in [1.165, 1.54) is 0 Å². The minimum Gasteiger partial charge on any atom is -0.480 e. The molecular weight excluding hydrogens is 242 g/mol. The van der Waals surface area contributed by atoms with Crippen molar-refractivity contribution in [2.75, 3.05) is 6.54 Å². The lowest BCUT2D eigenvalue weighted by atomic mass is 10.2. The molecule has 8 nitrogen and oxygen atoms in total. The van der Waals surface area contributed by atoms with Crippen LogP contribution in [-0.2, 0) is 4.79 Å². The maximum atomic E-state index is 12.0. The molecule has 1 aliphatic heterocycles. The van der Waals surface area contributed by atoms with Crippen molar-refractivity contribution in [3.8, 4) is 0 Å². The maximum absolute atomic E-state index is 12.0. The lowest BCUT2D eigenvalue weighted by Crippen LogP contribution is -2.41. The van der Waals surface area contributed by atoms with Crippen molar-refractivity contribution in [2.45, 2.75) is 18.6 Å². The van der Waals surface area contributed by atoms with Crippen LogP contribution in [0.25, 0.3) is 0 Å². The monoisotopic (exact) mass is 253 g/mol. The SMILES string of the molecule is O=C(O)[C@@H]1C[C@@H](O)CN1C(=O)c1c[nH]c(=O)cn1. The van der Waals surface area contributed by atoms with E-state index in [-0.39, 0.29) is 18.7 Å². The van der Waals surface area contributed by atoms with Crippen LogP contribution >= 0.6 is 0 Å². The van der Waals surface area contributed by atoms with Crippen LogP contribution in [0.3, 0.4) is 0 Å². The second-order valence-corrected chi connectivity index (χ2v) is 4.00. The number of aliphatic hydroxyl groups is 1. The first-order valence-electron chi connectivity index (χ1n) is 5.25. The Morgan fingerprint density at radius 2 is 2.22 bits per heavy atom. The third-order valence-corrected chi connectivity index (χ3v) is 2.72. The fourth-order valence-corrected chi connectivity index (χ4v) is 1.88. The Morgan fingerprint density at radius 3 is 2.78 bits per heavy atom. The highest BCUT2D eigenvalue weighted by atomic mass is 16.4. The van der Waals surface area contributed by atoms with E-state index < -0.39 is 29.6 Å². The van der Waals surface area contributed by atoms with Gasteiger partial charge < -0.3 is 20.1 Å². The van der Waals surface area contributed by atoms with Crippen molar-refractivity contribution in [3.05, 3.63) is 28.4 Å². The number of β-amino-alcohol motifs (C(OH)–C–C–N with tert-alkyl or cyclic N) is 1. The number of carboxylic acid groups (broad SMARTS) is 1. The van der Waals surface area contributed by atoms with Crippen molar-refractivity contribution >= 4 is 11.9 Å². The van der Waals surface area contributed by atoms with Gasteiger partial charge in [-0.05, 0) is 0 Å². The molecule has 1 aromatic rings. The Bertz CT molecular complexity index is 520. The van der Waals surface area contributed by atoms with E-state index in [0.717, 1.165) is 17.3 Å². The topological polar surface area (TPSA) is 124 Å². The van der Waals surface area contributed by atoms with Crippen molar-refractivity contribution < 1.29 is 19.8 Å². The number of likely N-dealkylation sites (tertiary alicyclic amines) is 1. The van der Waals surface area contributed by atoms with E-state index in [4.69, 9.17) is 5.11 Å². The van der Waals surface area contributed by atoms with Gasteiger partial charge >= 0.3 is 5.97 Å². The number of carbonyl (C=O) groups excluding carboxylic acids is 1. The number of aromatic nitrogens is 2. The summed E-state index contributed by atoms with van der Waals surface area (Å²) in [6.45, 7) is -0.0589. The van der Waals surface area contributed by atoms with Crippen LogP contribution in [0.1, 0.15) is 16.9 Å². The number of amides is 1. The molecular formula is C10H11N3O5. The first-order chi connectivity index (χ1) is 8.49. The Morgan fingerprint density at radius 1 is 1.50 bits per heavy atom. The second kappa shape index (κ2) is 4.57. The van der Waals surface area contributed by atoms with E-state index in [1.54, 1.807) is 0 Å². The van der Waals surface area contributed by atoms with Gasteiger partial charge in [-0.1, -0.05) is 0 Å². The van der Waals surface area contributed by atoms with E-state index in [9.17, 15) is 19.5 Å². The molecule has 1 amide bonds. The Balaban J connectivity index is 2.25. The largest absolute Gasteiger partial charge is 0.480 e. The molecule has 18 heavy (non-hydrogen) atoms. The smallest absolute Gasteiger partial charge is 0.326 e. The first-order valence-corrected chi connectivity index (χ1v) is 5.25. The molecule has 0 saturated carbocycles. The number of carboxylic acids is 1. The minimum absolute atomic E-state index is 0.00950. The van der Waals surface area contributed by atoms with Gasteiger partial charge in [0.15, 0.2) is 0 Å². The number of nitrogens with zero attached hydrogens (tertiary/aromatic N) is 2. The summed E-state index contributed by atoms with van der Waals surface area (Å²) in [5.74, 6) is -1.81. The Kier molecular flexibility index (Phi) is 3.11. The highest BCUT2D eigenvalue weighted by Gasteiger charge is 2.39. The molecule has 2 heterocycles. The first kappa shape index (κ1) is 12.2. The number of nitrogens with one attached hydrogen (secondary N) is 1. The summed E-state index contributed by atoms with van der Waals surface area (Å²) in [4.78, 5) is 40.7. The predicted molar refractivity (Wildman–Crippen MR) is 57.9 cm³/mol. The van der Waals surface area contributed by atoms with Gasteiger partial charge in [-0.3, -0.25) is 9.59 Å². The number of H-pyrrole nitrogens is 1. The third kappa shape index (κ3) is 2.23. The summed E-state index contributed by atoms with van der Waals surface area (Å²) in [5, 5.41) is 18.4. The van der Waals surface area contributed by atoms with Crippen molar-refractivity contribution in [2.24, 2.45) is 0 Å². The number of aliphatic hydroxyl groups excluding tert-OH is 1. The van der Waals surface area contributed by atoms with Gasteiger partial charge in [0, 0.05) is 19.2 Å². The van der Waals surface area contributed by atoms with E-state index in [2.05, 4.69) is 9.97 Å². The summed E-state index contributed by atoms with van der Waals surface area (Å²) >= 11 is 0. The molecule has 0 unspecified atom stereocenters. The number of rotatable bonds is 2. The van der Waals surface area contributed by atoms with E-state index in [0.29, 0.717) is 0 Å². The normalized spacial score (nSPS) is 23.1. The minimum atomic E-state index is -1.18. The van der Waals surface area contributed by atoms with Gasteiger partial charge in [-0.15, -0.1) is 0 Å². The van der Waals surface area contributed by atoms with Gasteiger partial charge in [-0.2, -0.15) is 0 Å².